The van der Waals surface area contributed by atoms with Crippen LogP contribution in [-0.4, -0.2) is 39.8 Å². The van der Waals surface area contributed by atoms with Crippen LogP contribution in [0.15, 0.2) is 83.4 Å². The highest BCUT2D eigenvalue weighted by atomic mass is 16.3. The van der Waals surface area contributed by atoms with Crippen molar-refractivity contribution in [1.29, 1.82) is 0 Å². The minimum atomic E-state index is -0.852. The minimum Gasteiger partial charge on any atom is -0.507 e. The van der Waals surface area contributed by atoms with Crippen LogP contribution in [0.3, 0.4) is 0 Å². The van der Waals surface area contributed by atoms with Crippen molar-refractivity contribution in [2.24, 2.45) is 23.7 Å². The fourth-order valence-electron chi connectivity index (χ4n) is 7.46. The number of nitrogens with one attached hydrogen (secondary N) is 1. The number of phenolic OH excluding ortho intramolecular Hbond substituents is 1. The lowest BCUT2D eigenvalue weighted by Crippen LogP contribution is -2.39. The van der Waals surface area contributed by atoms with E-state index in [1.54, 1.807) is 12.1 Å². The number of hydrogen-bond acceptors (Lipinski definition) is 6. The van der Waals surface area contributed by atoms with Gasteiger partial charge in [-0.15, -0.1) is 0 Å². The zero-order valence-corrected chi connectivity index (χ0v) is 28.2. The van der Waals surface area contributed by atoms with Crippen molar-refractivity contribution in [2.75, 3.05) is 16.8 Å². The smallest absolute Gasteiger partial charge is 0.238 e. The summed E-state index contributed by atoms with van der Waals surface area (Å²) < 4.78 is 0. The predicted molar refractivity (Wildman–Crippen MR) is 188 cm³/mol. The van der Waals surface area contributed by atoms with Crippen LogP contribution in [0.1, 0.15) is 69.6 Å². The van der Waals surface area contributed by atoms with Gasteiger partial charge in [0.25, 0.3) is 0 Å². The molecule has 0 radical (unpaired) electrons. The molecule has 2 amide bonds. The molecule has 0 bridgehead atoms. The minimum absolute atomic E-state index is 0.0450. The Morgan fingerprint density at radius 3 is 2.19 bits per heavy atom. The zero-order chi connectivity index (χ0) is 33.8. The number of hydrogen-bond donors (Lipinski definition) is 4. The lowest BCUT2D eigenvalue weighted by atomic mass is 9.66. The van der Waals surface area contributed by atoms with E-state index in [9.17, 15) is 24.9 Å². The van der Waals surface area contributed by atoms with Crippen molar-refractivity contribution < 1.29 is 24.9 Å². The number of aliphatic hydroxyl groups excluding tert-OH is 2. The highest BCUT2D eigenvalue weighted by molar-refractivity contribution is 6.22. The fourth-order valence-corrected chi connectivity index (χ4v) is 7.46. The normalized spacial score (nSPS) is 20.6. The number of nitrogens with zero attached hydrogens (tertiary/aromatic N) is 1. The summed E-state index contributed by atoms with van der Waals surface area (Å²) in [6.45, 7) is 9.69. The third-order valence-electron chi connectivity index (χ3n) is 9.75. The van der Waals surface area contributed by atoms with Gasteiger partial charge >= 0.3 is 0 Å². The van der Waals surface area contributed by atoms with Crippen molar-refractivity contribution in [3.8, 4) is 5.75 Å². The maximum absolute atomic E-state index is 14.0. The van der Waals surface area contributed by atoms with Crippen LogP contribution in [-0.2, 0) is 9.59 Å². The van der Waals surface area contributed by atoms with Gasteiger partial charge < -0.3 is 20.6 Å². The Morgan fingerprint density at radius 1 is 0.957 bits per heavy atom. The third-order valence-corrected chi connectivity index (χ3v) is 9.75. The molecular weight excluding hydrogens is 588 g/mol. The Labute approximate surface area is 278 Å². The molecule has 7 nitrogen and oxygen atoms in total. The number of benzene rings is 3. The van der Waals surface area contributed by atoms with Gasteiger partial charge in [0.2, 0.25) is 11.8 Å². The van der Waals surface area contributed by atoms with Gasteiger partial charge in [0.1, 0.15) is 5.75 Å². The first-order valence-corrected chi connectivity index (χ1v) is 16.8. The molecule has 1 aliphatic heterocycles. The highest BCUT2D eigenvalue weighted by Crippen LogP contribution is 2.49. The van der Waals surface area contributed by atoms with Gasteiger partial charge in [-0.05, 0) is 116 Å². The van der Waals surface area contributed by atoms with Crippen molar-refractivity contribution >= 4 is 35.0 Å². The molecule has 5 rings (SSSR count). The molecule has 1 aliphatic carbocycles. The van der Waals surface area contributed by atoms with E-state index >= 15 is 0 Å². The van der Waals surface area contributed by atoms with E-state index in [0.29, 0.717) is 30.7 Å². The molecule has 1 saturated heterocycles. The molecular formula is C40H48N2O5. The summed E-state index contributed by atoms with van der Waals surface area (Å²) >= 11 is 0. The largest absolute Gasteiger partial charge is 0.507 e. The second-order valence-electron chi connectivity index (χ2n) is 13.4. The number of fused-ring (bicyclic) bond motifs is 1. The van der Waals surface area contributed by atoms with Crippen molar-refractivity contribution in [3.63, 3.8) is 0 Å². The molecule has 7 heteroatoms. The first-order chi connectivity index (χ1) is 22.5. The maximum Gasteiger partial charge on any atom is 0.238 e. The number of aliphatic hydroxyl groups is 2. The molecule has 0 aromatic heterocycles. The number of phenols is 1. The SMILES string of the molecule is CCC/C(=C\c1cc(C)c(O)c(C)c1)CC[C@@H](O)C1=C(C(C)C)C[C@H]2C(=O)N(c3ccc(Nc4ccccc4)cc3)C(=O)[C@H]2[C@H]1CO. The number of allylic oxidation sites excluding steroid dienone is 2. The van der Waals surface area contributed by atoms with Crippen LogP contribution >= 0.6 is 0 Å². The lowest BCUT2D eigenvalue weighted by Gasteiger charge is -2.38. The monoisotopic (exact) mass is 636 g/mol. The average molecular weight is 637 g/mol. The summed E-state index contributed by atoms with van der Waals surface area (Å²) in [4.78, 5) is 29.2. The number of imide groups is 1. The molecule has 4 atom stereocenters. The Hall–Kier alpha value is -4.20. The van der Waals surface area contributed by atoms with Crippen molar-refractivity contribution in [2.45, 2.75) is 72.8 Å². The van der Waals surface area contributed by atoms with E-state index in [4.69, 9.17) is 0 Å². The van der Waals surface area contributed by atoms with Gasteiger partial charge in [0.15, 0.2) is 0 Å². The summed E-state index contributed by atoms with van der Waals surface area (Å²) in [6, 6.07) is 21.0. The zero-order valence-electron chi connectivity index (χ0n) is 28.2. The number of aromatic hydroxyl groups is 1. The van der Waals surface area contributed by atoms with Gasteiger partial charge in [-0.1, -0.05) is 62.6 Å². The summed E-state index contributed by atoms with van der Waals surface area (Å²) in [6.07, 6.45) is 4.61. The molecule has 47 heavy (non-hydrogen) atoms. The lowest BCUT2D eigenvalue weighted by molar-refractivity contribution is -0.123. The number of carbonyl (C=O) groups excluding carboxylic acids is 2. The Morgan fingerprint density at radius 2 is 1.60 bits per heavy atom. The van der Waals surface area contributed by atoms with Crippen LogP contribution in [0.5, 0.6) is 5.75 Å². The topological polar surface area (TPSA) is 110 Å². The van der Waals surface area contributed by atoms with Crippen molar-refractivity contribution in [1.82, 2.24) is 0 Å². The molecule has 0 saturated carbocycles. The third kappa shape index (κ3) is 7.21. The average Bonchev–Trinajstić information content (AvgIpc) is 3.31. The molecule has 3 aromatic carbocycles. The number of aryl methyl sites for hydroxylation is 2. The van der Waals surface area contributed by atoms with E-state index in [1.807, 2.05) is 82.3 Å². The van der Waals surface area contributed by atoms with E-state index in [-0.39, 0.29) is 24.3 Å². The summed E-state index contributed by atoms with van der Waals surface area (Å²) in [5, 5.41) is 36.1. The van der Waals surface area contributed by atoms with Crippen LogP contribution in [0.2, 0.25) is 0 Å². The number of carbonyl (C=O) groups is 2. The summed E-state index contributed by atoms with van der Waals surface area (Å²) in [5.41, 5.74) is 7.84. The van der Waals surface area contributed by atoms with Crippen molar-refractivity contribution in [3.05, 3.63) is 100 Å². The Bertz CT molecular complexity index is 1630. The summed E-state index contributed by atoms with van der Waals surface area (Å²) in [7, 11) is 0. The second-order valence-corrected chi connectivity index (χ2v) is 13.4. The number of amides is 2. The molecule has 248 valence electrons. The number of para-hydroxylation sites is 1. The molecule has 3 aromatic rings. The van der Waals surface area contributed by atoms with E-state index < -0.39 is 23.9 Å². The molecule has 0 unspecified atom stereocenters. The second kappa shape index (κ2) is 14.7. The van der Waals surface area contributed by atoms with Crippen LogP contribution in [0.4, 0.5) is 17.1 Å². The maximum atomic E-state index is 14.0. The predicted octanol–water partition coefficient (Wildman–Crippen LogP) is 7.85. The van der Waals surface area contributed by atoms with Crippen LogP contribution in [0.25, 0.3) is 6.08 Å². The first-order valence-electron chi connectivity index (χ1n) is 16.8. The molecule has 2 aliphatic rings. The van der Waals surface area contributed by atoms with E-state index in [1.165, 1.54) is 10.5 Å². The van der Waals surface area contributed by atoms with Gasteiger partial charge in [-0.25, -0.2) is 0 Å². The highest BCUT2D eigenvalue weighted by Gasteiger charge is 2.55. The van der Waals surface area contributed by atoms with Gasteiger partial charge in [0.05, 0.1) is 30.2 Å². The van der Waals surface area contributed by atoms with Gasteiger partial charge in [0, 0.05) is 17.3 Å². The van der Waals surface area contributed by atoms with E-state index in [0.717, 1.165) is 52.1 Å². The summed E-state index contributed by atoms with van der Waals surface area (Å²) in [5.74, 6) is -2.15. The van der Waals surface area contributed by atoms with Crippen LogP contribution in [0, 0.1) is 37.5 Å². The van der Waals surface area contributed by atoms with Gasteiger partial charge in [-0.2, -0.15) is 0 Å². The fraction of sp³-hybridized carbons (Fsp3) is 0.400. The Balaban J connectivity index is 1.37. The quantitative estimate of drug-likeness (QED) is 0.119. The first kappa shape index (κ1) is 34.1. The molecule has 1 fully saturated rings. The number of rotatable bonds is 12. The molecule has 0 spiro atoms. The molecule has 1 heterocycles. The molecule has 4 N–H and O–H groups in total. The number of anilines is 3. The Kier molecular flexibility index (Phi) is 10.7. The van der Waals surface area contributed by atoms with Crippen LogP contribution < -0.4 is 10.2 Å². The van der Waals surface area contributed by atoms with Gasteiger partial charge in [-0.3, -0.25) is 14.5 Å². The van der Waals surface area contributed by atoms with E-state index in [2.05, 4.69) is 18.3 Å². The standard InChI is InChI=1S/C40H48N2O5/c1-6-10-27(21-28-19-25(4)38(45)26(5)20-28)13-18-35(44)36-32(24(2)3)22-33-37(34(36)23-43)40(47)42(39(33)46)31-16-14-30(15-17-31)41-29-11-8-7-9-12-29/h7-9,11-12,14-17,19-21,24,33-35,37,41,43-45H,6,10,13,18,22-23H2,1-5H3/b27-21+/t33-,34+,35-,37-/m1/s1.